The Morgan fingerprint density at radius 1 is 1.37 bits per heavy atom. The Kier molecular flexibility index (Phi) is 5.96. The lowest BCUT2D eigenvalue weighted by Crippen LogP contribution is -2.11. The van der Waals surface area contributed by atoms with Gasteiger partial charge in [-0.2, -0.15) is 0 Å². The maximum absolute atomic E-state index is 12.7. The smallest absolute Gasteiger partial charge is 0.316 e. The van der Waals surface area contributed by atoms with Crippen molar-refractivity contribution in [3.05, 3.63) is 29.6 Å². The number of anilines is 1. The SMILES string of the molecule is CCOC(=O)CSc1nnc(NC(=O)c2ccc3nc(C(F)F)[nH]c3c2)s1. The largest absolute Gasteiger partial charge is 0.465 e. The molecule has 8 nitrogen and oxygen atoms in total. The number of alkyl halides is 2. The predicted octanol–water partition coefficient (Wildman–Crippen LogP) is 3.26. The highest BCUT2D eigenvalue weighted by molar-refractivity contribution is 8.01. The maximum Gasteiger partial charge on any atom is 0.316 e. The van der Waals surface area contributed by atoms with Gasteiger partial charge in [-0.15, -0.1) is 10.2 Å². The number of rotatable bonds is 7. The quantitative estimate of drug-likeness (QED) is 0.347. The van der Waals surface area contributed by atoms with E-state index in [4.69, 9.17) is 4.74 Å². The minimum absolute atomic E-state index is 0.0966. The zero-order chi connectivity index (χ0) is 19.4. The van der Waals surface area contributed by atoms with Gasteiger partial charge in [0.25, 0.3) is 12.3 Å². The van der Waals surface area contributed by atoms with Crippen LogP contribution in [0.4, 0.5) is 13.9 Å². The first-order chi connectivity index (χ1) is 13.0. The Balaban J connectivity index is 1.65. The molecule has 0 radical (unpaired) electrons. The number of hydrogen-bond acceptors (Lipinski definition) is 8. The number of benzene rings is 1. The number of carbonyl (C=O) groups excluding carboxylic acids is 2. The van der Waals surface area contributed by atoms with Gasteiger partial charge in [-0.3, -0.25) is 14.9 Å². The number of nitrogens with zero attached hydrogens (tertiary/aromatic N) is 3. The molecular formula is C15H13F2N5O3S2. The lowest BCUT2D eigenvalue weighted by atomic mass is 10.2. The number of ether oxygens (including phenoxy) is 1. The molecular weight excluding hydrogens is 400 g/mol. The highest BCUT2D eigenvalue weighted by atomic mass is 32.2. The average Bonchev–Trinajstić information content (AvgIpc) is 3.26. The van der Waals surface area contributed by atoms with E-state index in [1.54, 1.807) is 6.92 Å². The van der Waals surface area contributed by atoms with Gasteiger partial charge in [0.05, 0.1) is 23.4 Å². The third-order valence-electron chi connectivity index (χ3n) is 3.21. The van der Waals surface area contributed by atoms with Crippen LogP contribution >= 0.6 is 23.1 Å². The van der Waals surface area contributed by atoms with E-state index < -0.39 is 18.2 Å². The number of amides is 1. The number of nitrogens with one attached hydrogen (secondary N) is 2. The first-order valence-electron chi connectivity index (χ1n) is 7.67. The van der Waals surface area contributed by atoms with Crippen LogP contribution in [0.15, 0.2) is 22.5 Å². The van der Waals surface area contributed by atoms with Gasteiger partial charge in [-0.1, -0.05) is 23.1 Å². The molecule has 2 aromatic heterocycles. The fraction of sp³-hybridized carbons (Fsp3) is 0.267. The van der Waals surface area contributed by atoms with E-state index in [9.17, 15) is 18.4 Å². The number of imidazole rings is 1. The van der Waals surface area contributed by atoms with Gasteiger partial charge in [-0.05, 0) is 25.1 Å². The lowest BCUT2D eigenvalue weighted by molar-refractivity contribution is -0.139. The van der Waals surface area contributed by atoms with Gasteiger partial charge in [-0.25, -0.2) is 13.8 Å². The number of esters is 1. The fourth-order valence-electron chi connectivity index (χ4n) is 2.09. The molecule has 1 amide bonds. The number of thioether (sulfide) groups is 1. The number of halogens is 2. The van der Waals surface area contributed by atoms with Crippen LogP contribution in [0, 0.1) is 0 Å². The van der Waals surface area contributed by atoms with Crippen molar-refractivity contribution in [2.75, 3.05) is 17.7 Å². The summed E-state index contributed by atoms with van der Waals surface area (Å²) in [5.74, 6) is -1.18. The molecule has 1 aromatic carbocycles. The van der Waals surface area contributed by atoms with Crippen LogP contribution in [0.2, 0.25) is 0 Å². The van der Waals surface area contributed by atoms with Crippen LogP contribution < -0.4 is 5.32 Å². The summed E-state index contributed by atoms with van der Waals surface area (Å²) in [6.07, 6.45) is -2.72. The minimum atomic E-state index is -2.72. The Morgan fingerprint density at radius 2 is 2.19 bits per heavy atom. The van der Waals surface area contributed by atoms with Gasteiger partial charge in [0.1, 0.15) is 0 Å². The molecule has 0 aliphatic heterocycles. The van der Waals surface area contributed by atoms with Crippen molar-refractivity contribution in [1.82, 2.24) is 20.2 Å². The van der Waals surface area contributed by atoms with Crippen LogP contribution in [0.5, 0.6) is 0 Å². The predicted molar refractivity (Wildman–Crippen MR) is 96.3 cm³/mol. The monoisotopic (exact) mass is 413 g/mol. The molecule has 0 unspecified atom stereocenters. The lowest BCUT2D eigenvalue weighted by Gasteiger charge is -2.01. The molecule has 0 aliphatic rings. The third-order valence-corrected chi connectivity index (χ3v) is 5.16. The van der Waals surface area contributed by atoms with Crippen LogP contribution in [0.1, 0.15) is 29.5 Å². The normalized spacial score (nSPS) is 11.1. The summed E-state index contributed by atoms with van der Waals surface area (Å²) >= 11 is 2.26. The number of carbonyl (C=O) groups is 2. The Hall–Kier alpha value is -2.60. The maximum atomic E-state index is 12.7. The molecule has 0 saturated heterocycles. The number of hydrogen-bond donors (Lipinski definition) is 2. The molecule has 142 valence electrons. The van der Waals surface area contributed by atoms with Crippen molar-refractivity contribution in [2.24, 2.45) is 0 Å². The molecule has 12 heteroatoms. The van der Waals surface area contributed by atoms with Crippen molar-refractivity contribution < 1.29 is 23.1 Å². The fourth-order valence-corrected chi connectivity index (χ4v) is 3.63. The summed E-state index contributed by atoms with van der Waals surface area (Å²) in [5.41, 5.74) is 0.930. The van der Waals surface area contributed by atoms with Gasteiger partial charge in [0, 0.05) is 5.56 Å². The van der Waals surface area contributed by atoms with Crippen molar-refractivity contribution in [1.29, 1.82) is 0 Å². The molecule has 0 atom stereocenters. The van der Waals surface area contributed by atoms with E-state index in [2.05, 4.69) is 25.5 Å². The van der Waals surface area contributed by atoms with Crippen LogP contribution in [0.25, 0.3) is 11.0 Å². The van der Waals surface area contributed by atoms with Crippen LogP contribution in [0.3, 0.4) is 0 Å². The van der Waals surface area contributed by atoms with E-state index in [0.29, 0.717) is 22.0 Å². The second-order valence-corrected chi connectivity index (χ2v) is 7.28. The molecule has 0 spiro atoms. The van der Waals surface area contributed by atoms with Gasteiger partial charge in [0.2, 0.25) is 5.13 Å². The number of fused-ring (bicyclic) bond motifs is 1. The van der Waals surface area contributed by atoms with E-state index in [0.717, 1.165) is 23.1 Å². The van der Waals surface area contributed by atoms with E-state index in [1.165, 1.54) is 18.2 Å². The van der Waals surface area contributed by atoms with Crippen LogP contribution in [-0.4, -0.2) is 44.4 Å². The first-order valence-corrected chi connectivity index (χ1v) is 9.47. The Labute approximate surface area is 159 Å². The van der Waals surface area contributed by atoms with Crippen LogP contribution in [-0.2, 0) is 9.53 Å². The van der Waals surface area contributed by atoms with Gasteiger partial charge >= 0.3 is 5.97 Å². The topological polar surface area (TPSA) is 110 Å². The third kappa shape index (κ3) is 4.77. The summed E-state index contributed by atoms with van der Waals surface area (Å²) in [6.45, 7) is 2.02. The van der Waals surface area contributed by atoms with Crippen molar-refractivity contribution in [3.63, 3.8) is 0 Å². The number of aromatic amines is 1. The Bertz CT molecular complexity index is 975. The number of aromatic nitrogens is 4. The average molecular weight is 413 g/mol. The number of H-pyrrole nitrogens is 1. The zero-order valence-corrected chi connectivity index (χ0v) is 15.5. The van der Waals surface area contributed by atoms with E-state index in [-0.39, 0.29) is 22.4 Å². The molecule has 0 bridgehead atoms. The summed E-state index contributed by atoms with van der Waals surface area (Å²) < 4.78 is 30.7. The second kappa shape index (κ2) is 8.39. The first kappa shape index (κ1) is 19.2. The van der Waals surface area contributed by atoms with Gasteiger partial charge in [0.15, 0.2) is 10.2 Å². The summed E-state index contributed by atoms with van der Waals surface area (Å²) in [6, 6.07) is 4.39. The molecule has 2 heterocycles. The standard InChI is InChI=1S/C15H13F2N5O3S2/c1-2-25-10(23)6-26-15-22-21-14(27-15)20-13(24)7-3-4-8-9(5-7)19-12(18-8)11(16)17/h3-5,11H,2,6H2,1H3,(H,18,19)(H,20,21,24). The molecule has 0 aliphatic carbocycles. The van der Waals surface area contributed by atoms with Crippen molar-refractivity contribution >= 4 is 51.1 Å². The Morgan fingerprint density at radius 3 is 2.93 bits per heavy atom. The van der Waals surface area contributed by atoms with Crippen molar-refractivity contribution in [2.45, 2.75) is 17.7 Å². The highest BCUT2D eigenvalue weighted by Crippen LogP contribution is 2.26. The molecule has 3 aromatic rings. The summed E-state index contributed by atoms with van der Waals surface area (Å²) in [4.78, 5) is 29.9. The van der Waals surface area contributed by atoms with E-state index in [1.807, 2.05) is 0 Å². The summed E-state index contributed by atoms with van der Waals surface area (Å²) in [5, 5.41) is 10.6. The summed E-state index contributed by atoms with van der Waals surface area (Å²) in [7, 11) is 0. The second-order valence-electron chi connectivity index (χ2n) is 5.08. The molecule has 3 rings (SSSR count). The molecule has 27 heavy (non-hydrogen) atoms. The molecule has 0 fully saturated rings. The van der Waals surface area contributed by atoms with Gasteiger partial charge < -0.3 is 9.72 Å². The molecule has 2 N–H and O–H groups in total. The van der Waals surface area contributed by atoms with Crippen molar-refractivity contribution in [3.8, 4) is 0 Å². The minimum Gasteiger partial charge on any atom is -0.465 e. The highest BCUT2D eigenvalue weighted by Gasteiger charge is 2.16. The zero-order valence-electron chi connectivity index (χ0n) is 13.9. The molecule has 0 saturated carbocycles. The van der Waals surface area contributed by atoms with E-state index >= 15 is 0 Å².